The van der Waals surface area contributed by atoms with Crippen molar-refractivity contribution in [1.29, 1.82) is 0 Å². The molecule has 0 aliphatic heterocycles. The molecule has 0 saturated carbocycles. The van der Waals surface area contributed by atoms with Gasteiger partial charge in [-0.1, -0.05) is 47.0 Å². The van der Waals surface area contributed by atoms with E-state index < -0.39 is 0 Å². The molecule has 0 spiro atoms. The first-order valence-electron chi connectivity index (χ1n) is 7.23. The van der Waals surface area contributed by atoms with Gasteiger partial charge in [-0.05, 0) is 37.6 Å². The molecule has 1 aromatic heterocycles. The zero-order valence-electron chi connectivity index (χ0n) is 13.1. The van der Waals surface area contributed by atoms with Gasteiger partial charge < -0.3 is 0 Å². The molecule has 24 heavy (non-hydrogen) atoms. The molecule has 3 nitrogen and oxygen atoms in total. The molecule has 0 fully saturated rings. The molecule has 0 atom stereocenters. The lowest BCUT2D eigenvalue weighted by Gasteiger charge is -2.05. The predicted octanol–water partition coefficient (Wildman–Crippen LogP) is 5.99. The van der Waals surface area contributed by atoms with Crippen molar-refractivity contribution in [2.45, 2.75) is 13.8 Å². The molecule has 0 aliphatic carbocycles. The number of carbonyl (C=O) groups excluding carboxylic acids is 1. The Hall–Kier alpha value is -1.88. The fraction of sp³-hybridized carbons (Fsp3) is 0.111. The van der Waals surface area contributed by atoms with Gasteiger partial charge in [0.15, 0.2) is 5.13 Å². The summed E-state index contributed by atoms with van der Waals surface area (Å²) in [4.78, 5) is 16.9. The van der Waals surface area contributed by atoms with Crippen LogP contribution < -0.4 is 5.32 Å². The number of benzene rings is 2. The number of rotatable bonds is 3. The number of carbonyl (C=O) groups is 1. The van der Waals surface area contributed by atoms with Gasteiger partial charge in [0.2, 0.25) is 0 Å². The summed E-state index contributed by atoms with van der Waals surface area (Å²) in [6, 6.07) is 11.0. The largest absolute Gasteiger partial charge is 0.298 e. The third-order valence-corrected chi connectivity index (χ3v) is 4.88. The smallest absolute Gasteiger partial charge is 0.259 e. The van der Waals surface area contributed by atoms with Crippen molar-refractivity contribution in [2.24, 2.45) is 0 Å². The standard InChI is InChI=1S/C18H14Cl2N2OS/c1-10-3-5-13(11(2)7-10)16-9-24-18(21-16)22-17(23)14-8-12(19)4-6-15(14)20/h3-9H,1-2H3,(H,21,22,23). The lowest BCUT2D eigenvalue weighted by Crippen LogP contribution is -2.12. The van der Waals surface area contributed by atoms with Crippen LogP contribution >= 0.6 is 34.5 Å². The van der Waals surface area contributed by atoms with Gasteiger partial charge in [0.1, 0.15) is 0 Å². The van der Waals surface area contributed by atoms with Gasteiger partial charge in [-0.2, -0.15) is 0 Å². The summed E-state index contributed by atoms with van der Waals surface area (Å²) in [7, 11) is 0. The molecule has 3 aromatic rings. The second-order valence-corrected chi connectivity index (χ2v) is 7.14. The second-order valence-electron chi connectivity index (χ2n) is 5.43. The van der Waals surface area contributed by atoms with E-state index >= 15 is 0 Å². The van der Waals surface area contributed by atoms with E-state index in [2.05, 4.69) is 23.3 Å². The van der Waals surface area contributed by atoms with Crippen LogP contribution in [0.4, 0.5) is 5.13 Å². The number of aryl methyl sites for hydroxylation is 2. The number of hydrogen-bond donors (Lipinski definition) is 1. The van der Waals surface area contributed by atoms with Crippen LogP contribution in [0.2, 0.25) is 10.0 Å². The minimum Gasteiger partial charge on any atom is -0.298 e. The Bertz CT molecular complexity index is 921. The maximum atomic E-state index is 12.4. The minimum absolute atomic E-state index is 0.326. The first kappa shape index (κ1) is 17.0. The Balaban J connectivity index is 1.83. The first-order chi connectivity index (χ1) is 11.4. The third kappa shape index (κ3) is 3.61. The molecule has 6 heteroatoms. The van der Waals surface area contributed by atoms with E-state index in [-0.39, 0.29) is 5.91 Å². The highest BCUT2D eigenvalue weighted by Gasteiger charge is 2.14. The summed E-state index contributed by atoms with van der Waals surface area (Å²) in [5, 5.41) is 6.02. The third-order valence-electron chi connectivity index (χ3n) is 3.56. The number of anilines is 1. The van der Waals surface area contributed by atoms with Gasteiger partial charge in [0.25, 0.3) is 5.91 Å². The van der Waals surface area contributed by atoms with E-state index in [9.17, 15) is 4.79 Å². The number of amides is 1. The summed E-state index contributed by atoms with van der Waals surface area (Å²) < 4.78 is 0. The first-order valence-corrected chi connectivity index (χ1v) is 8.87. The SMILES string of the molecule is Cc1ccc(-c2csc(NC(=O)c3cc(Cl)ccc3Cl)n2)c(C)c1. The van der Waals surface area contributed by atoms with Crippen molar-refractivity contribution >= 4 is 45.6 Å². The topological polar surface area (TPSA) is 42.0 Å². The summed E-state index contributed by atoms with van der Waals surface area (Å²) >= 11 is 13.4. The summed E-state index contributed by atoms with van der Waals surface area (Å²) in [5.74, 6) is -0.330. The number of aromatic nitrogens is 1. The molecular weight excluding hydrogens is 363 g/mol. The molecule has 1 amide bonds. The molecule has 3 rings (SSSR count). The molecule has 0 bridgehead atoms. The minimum atomic E-state index is -0.330. The fourth-order valence-corrected chi connectivity index (χ4v) is 3.47. The number of halogens is 2. The van der Waals surface area contributed by atoms with Gasteiger partial charge in [-0.3, -0.25) is 10.1 Å². The number of nitrogens with zero attached hydrogens (tertiary/aromatic N) is 1. The Labute approximate surface area is 154 Å². The van der Waals surface area contributed by atoms with E-state index in [1.165, 1.54) is 23.0 Å². The summed E-state index contributed by atoms with van der Waals surface area (Å²) in [5.41, 5.74) is 4.57. The quantitative estimate of drug-likeness (QED) is 0.610. The van der Waals surface area contributed by atoms with Crippen LogP contribution in [0.25, 0.3) is 11.3 Å². The van der Waals surface area contributed by atoms with Crippen LogP contribution in [-0.4, -0.2) is 10.9 Å². The van der Waals surface area contributed by atoms with Gasteiger partial charge in [0, 0.05) is 16.0 Å². The number of hydrogen-bond acceptors (Lipinski definition) is 3. The van der Waals surface area contributed by atoms with Gasteiger partial charge >= 0.3 is 0 Å². The van der Waals surface area contributed by atoms with E-state index in [1.54, 1.807) is 12.1 Å². The monoisotopic (exact) mass is 376 g/mol. The highest BCUT2D eigenvalue weighted by Crippen LogP contribution is 2.29. The Morgan fingerprint density at radius 3 is 2.67 bits per heavy atom. The molecule has 122 valence electrons. The van der Waals surface area contributed by atoms with Gasteiger partial charge in [-0.15, -0.1) is 11.3 Å². The van der Waals surface area contributed by atoms with Crippen LogP contribution in [0.15, 0.2) is 41.8 Å². The van der Waals surface area contributed by atoms with E-state index in [0.29, 0.717) is 20.7 Å². The second kappa shape index (κ2) is 6.93. The fourth-order valence-electron chi connectivity index (χ4n) is 2.39. The Kier molecular flexibility index (Phi) is 4.90. The molecule has 1 heterocycles. The van der Waals surface area contributed by atoms with E-state index in [4.69, 9.17) is 23.2 Å². The van der Waals surface area contributed by atoms with Crippen LogP contribution in [0, 0.1) is 13.8 Å². The molecule has 0 saturated heterocycles. The van der Waals surface area contributed by atoms with E-state index in [1.807, 2.05) is 24.4 Å². The van der Waals surface area contributed by atoms with Crippen LogP contribution in [-0.2, 0) is 0 Å². The van der Waals surface area contributed by atoms with Crippen molar-refractivity contribution in [2.75, 3.05) is 5.32 Å². The average molecular weight is 377 g/mol. The predicted molar refractivity (Wildman–Crippen MR) is 101 cm³/mol. The van der Waals surface area contributed by atoms with Crippen molar-refractivity contribution in [1.82, 2.24) is 4.98 Å². The highest BCUT2D eigenvalue weighted by molar-refractivity contribution is 7.14. The summed E-state index contributed by atoms with van der Waals surface area (Å²) in [6.45, 7) is 4.10. The Morgan fingerprint density at radius 1 is 1.12 bits per heavy atom. The zero-order valence-corrected chi connectivity index (χ0v) is 15.4. The molecule has 0 aliphatic rings. The maximum absolute atomic E-state index is 12.4. The number of nitrogens with one attached hydrogen (secondary N) is 1. The maximum Gasteiger partial charge on any atom is 0.259 e. The zero-order chi connectivity index (χ0) is 17.3. The van der Waals surface area contributed by atoms with Gasteiger partial charge in [-0.25, -0.2) is 4.98 Å². The molecule has 0 unspecified atom stereocenters. The summed E-state index contributed by atoms with van der Waals surface area (Å²) in [6.07, 6.45) is 0. The molecule has 1 N–H and O–H groups in total. The van der Waals surface area contributed by atoms with Crippen molar-refractivity contribution in [3.8, 4) is 11.3 Å². The van der Waals surface area contributed by atoms with Crippen LogP contribution in [0.3, 0.4) is 0 Å². The molecule has 2 aromatic carbocycles. The highest BCUT2D eigenvalue weighted by atomic mass is 35.5. The average Bonchev–Trinajstić information content (AvgIpc) is 2.97. The van der Waals surface area contributed by atoms with Gasteiger partial charge in [0.05, 0.1) is 16.3 Å². The lowest BCUT2D eigenvalue weighted by molar-refractivity contribution is 0.102. The van der Waals surface area contributed by atoms with Crippen molar-refractivity contribution < 1.29 is 4.79 Å². The Morgan fingerprint density at radius 2 is 1.92 bits per heavy atom. The lowest BCUT2D eigenvalue weighted by atomic mass is 10.0. The number of thiazole rings is 1. The van der Waals surface area contributed by atoms with Crippen molar-refractivity contribution in [3.05, 3.63) is 68.5 Å². The van der Waals surface area contributed by atoms with E-state index in [0.717, 1.165) is 16.8 Å². The van der Waals surface area contributed by atoms with Crippen molar-refractivity contribution in [3.63, 3.8) is 0 Å². The van der Waals surface area contributed by atoms with Crippen LogP contribution in [0.5, 0.6) is 0 Å². The normalized spacial score (nSPS) is 10.7. The molecule has 0 radical (unpaired) electrons. The van der Waals surface area contributed by atoms with Crippen LogP contribution in [0.1, 0.15) is 21.5 Å². The molecular formula is C18H14Cl2N2OS.